The quantitative estimate of drug-likeness (QED) is 0.929. The van der Waals surface area contributed by atoms with E-state index < -0.39 is 10.0 Å². The summed E-state index contributed by atoms with van der Waals surface area (Å²) in [7, 11) is -3.45. The molecule has 0 saturated carbocycles. The molecule has 1 heterocycles. The molecule has 118 valence electrons. The van der Waals surface area contributed by atoms with Gasteiger partial charge in [0, 0.05) is 19.1 Å². The van der Waals surface area contributed by atoms with Gasteiger partial charge in [-0.3, -0.25) is 0 Å². The molecule has 0 amide bonds. The average Bonchev–Trinajstić information content (AvgIpc) is 2.46. The lowest BCUT2D eigenvalue weighted by Crippen LogP contribution is -2.49. The van der Waals surface area contributed by atoms with Crippen LogP contribution in [0.4, 0.5) is 0 Å². The van der Waals surface area contributed by atoms with Gasteiger partial charge in [0.15, 0.2) is 0 Å². The third-order valence-electron chi connectivity index (χ3n) is 4.54. The highest BCUT2D eigenvalue weighted by Gasteiger charge is 2.36. The second-order valence-corrected chi connectivity index (χ2v) is 7.93. The second-order valence-electron chi connectivity index (χ2n) is 6.07. The molecule has 0 radical (unpaired) electrons. The Labute approximate surface area is 128 Å². The smallest absolute Gasteiger partial charge is 0.243 e. The number of aryl methyl sites for hydroxylation is 2. The fraction of sp³-hybridized carbons (Fsp3) is 0.625. The van der Waals surface area contributed by atoms with Crippen molar-refractivity contribution < 1.29 is 8.42 Å². The number of rotatable bonds is 4. The van der Waals surface area contributed by atoms with Gasteiger partial charge >= 0.3 is 0 Å². The Kier molecular flexibility index (Phi) is 5.07. The fourth-order valence-electron chi connectivity index (χ4n) is 3.23. The van der Waals surface area contributed by atoms with Crippen LogP contribution in [0.3, 0.4) is 0 Å². The van der Waals surface area contributed by atoms with E-state index in [2.05, 4.69) is 6.92 Å². The van der Waals surface area contributed by atoms with Crippen molar-refractivity contribution in [3.63, 3.8) is 0 Å². The van der Waals surface area contributed by atoms with Crippen molar-refractivity contribution >= 4 is 10.0 Å². The minimum atomic E-state index is -3.45. The highest BCUT2D eigenvalue weighted by molar-refractivity contribution is 7.89. The first-order chi connectivity index (χ1) is 9.90. The lowest BCUT2D eigenvalue weighted by Gasteiger charge is -2.38. The van der Waals surface area contributed by atoms with Gasteiger partial charge < -0.3 is 5.73 Å². The molecule has 0 aromatic heterocycles. The molecular weight excluding hydrogens is 284 g/mol. The van der Waals surface area contributed by atoms with Crippen LogP contribution in [0.2, 0.25) is 0 Å². The van der Waals surface area contributed by atoms with Crippen LogP contribution in [0.15, 0.2) is 23.1 Å². The van der Waals surface area contributed by atoms with Crippen LogP contribution in [0, 0.1) is 19.8 Å². The predicted molar refractivity (Wildman–Crippen MR) is 85.7 cm³/mol. The maximum Gasteiger partial charge on any atom is 0.243 e. The zero-order valence-electron chi connectivity index (χ0n) is 13.2. The Morgan fingerprint density at radius 2 is 2.05 bits per heavy atom. The van der Waals surface area contributed by atoms with E-state index in [0.29, 0.717) is 23.9 Å². The van der Waals surface area contributed by atoms with Crippen LogP contribution in [0.5, 0.6) is 0 Å². The highest BCUT2D eigenvalue weighted by Crippen LogP contribution is 2.31. The van der Waals surface area contributed by atoms with Crippen molar-refractivity contribution in [2.45, 2.75) is 51.0 Å². The Bertz CT molecular complexity index is 598. The third-order valence-corrected chi connectivity index (χ3v) is 6.65. The van der Waals surface area contributed by atoms with Crippen LogP contribution in [0.25, 0.3) is 0 Å². The maximum atomic E-state index is 13.0. The fourth-order valence-corrected chi connectivity index (χ4v) is 5.10. The van der Waals surface area contributed by atoms with Crippen molar-refractivity contribution in [3.05, 3.63) is 29.3 Å². The molecule has 5 heteroatoms. The Morgan fingerprint density at radius 1 is 1.33 bits per heavy atom. The van der Waals surface area contributed by atoms with Crippen molar-refractivity contribution in [2.75, 3.05) is 13.1 Å². The Hall–Kier alpha value is -0.910. The lowest BCUT2D eigenvalue weighted by molar-refractivity contribution is 0.197. The number of hydrogen-bond acceptors (Lipinski definition) is 3. The summed E-state index contributed by atoms with van der Waals surface area (Å²) < 4.78 is 27.5. The van der Waals surface area contributed by atoms with Gasteiger partial charge in [-0.15, -0.1) is 0 Å². The van der Waals surface area contributed by atoms with Gasteiger partial charge in [0.25, 0.3) is 0 Å². The predicted octanol–water partition coefficient (Wildman–Crippen LogP) is 2.44. The van der Waals surface area contributed by atoms with Crippen LogP contribution in [-0.4, -0.2) is 31.9 Å². The molecule has 1 aliphatic rings. The average molecular weight is 310 g/mol. The molecule has 0 aliphatic carbocycles. The van der Waals surface area contributed by atoms with Gasteiger partial charge in [0.2, 0.25) is 10.0 Å². The Morgan fingerprint density at radius 3 is 2.62 bits per heavy atom. The van der Waals surface area contributed by atoms with E-state index in [4.69, 9.17) is 5.73 Å². The number of nitrogens with zero attached hydrogens (tertiary/aromatic N) is 1. The minimum Gasteiger partial charge on any atom is -0.329 e. The summed E-state index contributed by atoms with van der Waals surface area (Å²) in [6.45, 7) is 6.96. The third kappa shape index (κ3) is 3.30. The van der Waals surface area contributed by atoms with Gasteiger partial charge in [0.05, 0.1) is 4.90 Å². The molecule has 1 fully saturated rings. The second kappa shape index (κ2) is 6.46. The maximum absolute atomic E-state index is 13.0. The summed E-state index contributed by atoms with van der Waals surface area (Å²) in [5, 5.41) is 0. The molecule has 0 bridgehead atoms. The number of sulfonamides is 1. The van der Waals surface area contributed by atoms with E-state index in [1.807, 2.05) is 26.0 Å². The molecule has 2 rings (SSSR count). The molecule has 1 saturated heterocycles. The normalized spacial score (nSPS) is 24.2. The van der Waals surface area contributed by atoms with E-state index >= 15 is 0 Å². The highest BCUT2D eigenvalue weighted by atomic mass is 32.2. The largest absolute Gasteiger partial charge is 0.329 e. The van der Waals surface area contributed by atoms with E-state index in [-0.39, 0.29) is 6.04 Å². The summed E-state index contributed by atoms with van der Waals surface area (Å²) in [5.41, 5.74) is 7.73. The SMILES string of the molecule is CCC1CCN(S(=O)(=O)c2ccc(C)cc2C)C(CN)C1. The van der Waals surface area contributed by atoms with Crippen LogP contribution >= 0.6 is 0 Å². The van der Waals surface area contributed by atoms with Crippen LogP contribution < -0.4 is 5.73 Å². The van der Waals surface area contributed by atoms with Crippen molar-refractivity contribution in [1.82, 2.24) is 4.31 Å². The zero-order chi connectivity index (χ0) is 15.6. The first kappa shape index (κ1) is 16.5. The summed E-state index contributed by atoms with van der Waals surface area (Å²) in [6.07, 6.45) is 2.89. The summed E-state index contributed by atoms with van der Waals surface area (Å²) in [5.74, 6) is 0.587. The van der Waals surface area contributed by atoms with E-state index in [1.54, 1.807) is 10.4 Å². The molecule has 1 aromatic carbocycles. The van der Waals surface area contributed by atoms with Crippen molar-refractivity contribution in [3.8, 4) is 0 Å². The molecule has 2 N–H and O–H groups in total. The molecule has 2 atom stereocenters. The molecule has 4 nitrogen and oxygen atoms in total. The lowest BCUT2D eigenvalue weighted by atomic mass is 9.90. The minimum absolute atomic E-state index is 0.0746. The van der Waals surface area contributed by atoms with Crippen molar-refractivity contribution in [1.29, 1.82) is 0 Å². The number of piperidine rings is 1. The number of benzene rings is 1. The van der Waals surface area contributed by atoms with Gasteiger partial charge in [-0.1, -0.05) is 31.0 Å². The molecule has 21 heavy (non-hydrogen) atoms. The molecular formula is C16H26N2O2S. The number of nitrogens with two attached hydrogens (primary N) is 1. The molecule has 1 aliphatic heterocycles. The standard InChI is InChI=1S/C16H26N2O2S/c1-4-14-7-8-18(15(10-14)11-17)21(19,20)16-6-5-12(2)9-13(16)3/h5-6,9,14-15H,4,7-8,10-11,17H2,1-3H3. The summed E-state index contributed by atoms with van der Waals surface area (Å²) in [4.78, 5) is 0.418. The van der Waals surface area contributed by atoms with Crippen molar-refractivity contribution in [2.24, 2.45) is 11.7 Å². The van der Waals surface area contributed by atoms with E-state index in [0.717, 1.165) is 30.4 Å². The Balaban J connectivity index is 2.34. The molecule has 2 unspecified atom stereocenters. The van der Waals surface area contributed by atoms with E-state index in [1.165, 1.54) is 0 Å². The molecule has 0 spiro atoms. The van der Waals surface area contributed by atoms with E-state index in [9.17, 15) is 8.42 Å². The van der Waals surface area contributed by atoms with Crippen LogP contribution in [0.1, 0.15) is 37.3 Å². The van der Waals surface area contributed by atoms with Gasteiger partial charge in [-0.2, -0.15) is 4.31 Å². The van der Waals surface area contributed by atoms with Gasteiger partial charge in [-0.05, 0) is 44.2 Å². The first-order valence-corrected chi connectivity index (χ1v) is 9.13. The van der Waals surface area contributed by atoms with Crippen LogP contribution in [-0.2, 0) is 10.0 Å². The topological polar surface area (TPSA) is 63.4 Å². The number of hydrogen-bond donors (Lipinski definition) is 1. The first-order valence-electron chi connectivity index (χ1n) is 7.69. The monoisotopic (exact) mass is 310 g/mol. The van der Waals surface area contributed by atoms with Gasteiger partial charge in [-0.25, -0.2) is 8.42 Å². The zero-order valence-corrected chi connectivity index (χ0v) is 14.0. The summed E-state index contributed by atoms with van der Waals surface area (Å²) >= 11 is 0. The molecule has 1 aromatic rings. The summed E-state index contributed by atoms with van der Waals surface area (Å²) in [6, 6.07) is 5.42. The van der Waals surface area contributed by atoms with Gasteiger partial charge in [0.1, 0.15) is 0 Å².